The van der Waals surface area contributed by atoms with Crippen LogP contribution in [0.25, 0.3) is 0 Å². The van der Waals surface area contributed by atoms with E-state index >= 15 is 0 Å². The fraction of sp³-hybridized carbons (Fsp3) is 0.280. The fourth-order valence-corrected chi connectivity index (χ4v) is 3.96. The molecular formula is C25H26ClN7O3. The van der Waals surface area contributed by atoms with Gasteiger partial charge in [0, 0.05) is 39.3 Å². The highest BCUT2D eigenvalue weighted by molar-refractivity contribution is 6.30. The van der Waals surface area contributed by atoms with Gasteiger partial charge in [-0.2, -0.15) is 0 Å². The van der Waals surface area contributed by atoms with Crippen LogP contribution in [0.15, 0.2) is 48.7 Å². The SMILES string of the molecule is CC(=O)N1CCCN(c2ccc(C(=O)Nc3ccc(C)cc3C(=O)Nc3ccc(Cl)cn3)nn2)CC1. The zero-order valence-corrected chi connectivity index (χ0v) is 20.7. The smallest absolute Gasteiger partial charge is 0.276 e. The van der Waals surface area contributed by atoms with Gasteiger partial charge in [0.05, 0.1) is 16.3 Å². The summed E-state index contributed by atoms with van der Waals surface area (Å²) in [5.74, 6) is 0.122. The lowest BCUT2D eigenvalue weighted by Crippen LogP contribution is -2.34. The Labute approximate surface area is 213 Å². The lowest BCUT2D eigenvalue weighted by Gasteiger charge is -2.21. The topological polar surface area (TPSA) is 120 Å². The molecule has 3 amide bonds. The van der Waals surface area contributed by atoms with Crippen molar-refractivity contribution in [2.45, 2.75) is 20.3 Å². The lowest BCUT2D eigenvalue weighted by atomic mass is 10.1. The molecule has 3 heterocycles. The van der Waals surface area contributed by atoms with Gasteiger partial charge >= 0.3 is 0 Å². The summed E-state index contributed by atoms with van der Waals surface area (Å²) in [6.45, 7) is 6.13. The second kappa shape index (κ2) is 11.1. The number of halogens is 1. The average molecular weight is 508 g/mol. The molecule has 1 aromatic carbocycles. The maximum Gasteiger partial charge on any atom is 0.276 e. The summed E-state index contributed by atoms with van der Waals surface area (Å²) in [6.07, 6.45) is 2.26. The van der Waals surface area contributed by atoms with E-state index in [1.54, 1.807) is 49.4 Å². The van der Waals surface area contributed by atoms with Crippen LogP contribution in [0.4, 0.5) is 17.3 Å². The van der Waals surface area contributed by atoms with Crippen molar-refractivity contribution in [2.24, 2.45) is 0 Å². The third-order valence-electron chi connectivity index (χ3n) is 5.79. The molecule has 1 aliphatic rings. The molecule has 0 radical (unpaired) electrons. The zero-order valence-electron chi connectivity index (χ0n) is 20.0. The highest BCUT2D eigenvalue weighted by atomic mass is 35.5. The molecule has 4 rings (SSSR count). The Morgan fingerprint density at radius 2 is 1.75 bits per heavy atom. The Morgan fingerprint density at radius 3 is 2.44 bits per heavy atom. The Hall–Kier alpha value is -4.05. The van der Waals surface area contributed by atoms with Crippen LogP contribution in [-0.4, -0.2) is 64.0 Å². The van der Waals surface area contributed by atoms with Crippen molar-refractivity contribution >= 4 is 46.6 Å². The Kier molecular flexibility index (Phi) is 7.74. The standard InChI is InChI=1S/C25H26ClN7O3/c1-16-4-6-20(19(14-16)24(35)29-22-8-5-18(26)15-27-22)28-25(36)21-7-9-23(31-30-21)33-11-3-10-32(12-13-33)17(2)34/h4-9,14-15H,3,10-13H2,1-2H3,(H,28,36)(H,27,29,35). The quantitative estimate of drug-likeness (QED) is 0.543. The Balaban J connectivity index is 1.45. The van der Waals surface area contributed by atoms with Gasteiger partial charge in [-0.3, -0.25) is 14.4 Å². The van der Waals surface area contributed by atoms with E-state index < -0.39 is 11.8 Å². The number of pyridine rings is 1. The number of amides is 3. The third-order valence-corrected chi connectivity index (χ3v) is 6.01. The van der Waals surface area contributed by atoms with Gasteiger partial charge < -0.3 is 20.4 Å². The van der Waals surface area contributed by atoms with Crippen molar-refractivity contribution in [3.8, 4) is 0 Å². The minimum absolute atomic E-state index is 0.0588. The summed E-state index contributed by atoms with van der Waals surface area (Å²) in [7, 11) is 0. The number of rotatable bonds is 5. The second-order valence-electron chi connectivity index (χ2n) is 8.44. The van der Waals surface area contributed by atoms with E-state index in [2.05, 4.69) is 25.8 Å². The molecule has 0 spiro atoms. The summed E-state index contributed by atoms with van der Waals surface area (Å²) in [6, 6.07) is 11.7. The first kappa shape index (κ1) is 25.1. The highest BCUT2D eigenvalue weighted by Crippen LogP contribution is 2.21. The molecule has 1 saturated heterocycles. The molecule has 10 nitrogen and oxygen atoms in total. The lowest BCUT2D eigenvalue weighted by molar-refractivity contribution is -0.128. The van der Waals surface area contributed by atoms with Crippen molar-refractivity contribution in [2.75, 3.05) is 41.7 Å². The molecule has 2 N–H and O–H groups in total. The van der Waals surface area contributed by atoms with Crippen LogP contribution in [0.3, 0.4) is 0 Å². The number of carbonyl (C=O) groups is 3. The molecule has 3 aromatic rings. The predicted molar refractivity (Wildman–Crippen MR) is 137 cm³/mol. The predicted octanol–water partition coefficient (Wildman–Crippen LogP) is 3.40. The van der Waals surface area contributed by atoms with E-state index in [0.717, 1.165) is 18.5 Å². The maximum atomic E-state index is 12.9. The molecule has 11 heteroatoms. The largest absolute Gasteiger partial charge is 0.353 e. The van der Waals surface area contributed by atoms with Crippen LogP contribution in [0.5, 0.6) is 0 Å². The van der Waals surface area contributed by atoms with E-state index in [1.165, 1.54) is 6.20 Å². The molecule has 186 valence electrons. The first-order chi connectivity index (χ1) is 17.3. The van der Waals surface area contributed by atoms with Crippen LogP contribution in [-0.2, 0) is 4.79 Å². The molecule has 0 unspecified atom stereocenters. The van der Waals surface area contributed by atoms with Crippen molar-refractivity contribution in [1.29, 1.82) is 0 Å². The summed E-state index contributed by atoms with van der Waals surface area (Å²) in [4.78, 5) is 45.4. The number of aryl methyl sites for hydroxylation is 1. The minimum Gasteiger partial charge on any atom is -0.353 e. The van der Waals surface area contributed by atoms with Crippen LogP contribution in [0.1, 0.15) is 39.8 Å². The number of anilines is 3. The number of nitrogens with one attached hydrogen (secondary N) is 2. The molecule has 2 aromatic heterocycles. The number of hydrogen-bond acceptors (Lipinski definition) is 7. The van der Waals surface area contributed by atoms with Crippen molar-refractivity contribution in [1.82, 2.24) is 20.1 Å². The molecule has 1 fully saturated rings. The Bertz CT molecular complexity index is 1270. The van der Waals surface area contributed by atoms with Gasteiger partial charge in [-0.25, -0.2) is 4.98 Å². The fourth-order valence-electron chi connectivity index (χ4n) is 3.85. The first-order valence-electron chi connectivity index (χ1n) is 11.5. The van der Waals surface area contributed by atoms with Gasteiger partial charge in [0.1, 0.15) is 5.82 Å². The van der Waals surface area contributed by atoms with Crippen LogP contribution in [0.2, 0.25) is 5.02 Å². The van der Waals surface area contributed by atoms with E-state index in [-0.39, 0.29) is 17.2 Å². The molecule has 1 aliphatic heterocycles. The van der Waals surface area contributed by atoms with Crippen molar-refractivity contribution in [3.63, 3.8) is 0 Å². The summed E-state index contributed by atoms with van der Waals surface area (Å²) in [5, 5.41) is 14.2. The molecule has 0 atom stereocenters. The van der Waals surface area contributed by atoms with Gasteiger partial charge in [0.15, 0.2) is 11.5 Å². The second-order valence-corrected chi connectivity index (χ2v) is 8.88. The van der Waals surface area contributed by atoms with Gasteiger partial charge in [-0.05, 0) is 49.7 Å². The first-order valence-corrected chi connectivity index (χ1v) is 11.9. The van der Waals surface area contributed by atoms with Crippen molar-refractivity contribution in [3.05, 3.63) is 70.5 Å². The number of nitrogens with zero attached hydrogens (tertiary/aromatic N) is 5. The van der Waals surface area contributed by atoms with Gasteiger partial charge in [0.2, 0.25) is 5.91 Å². The van der Waals surface area contributed by atoms with E-state index in [1.807, 2.05) is 16.7 Å². The third kappa shape index (κ3) is 6.14. The zero-order chi connectivity index (χ0) is 25.7. The van der Waals surface area contributed by atoms with Crippen LogP contribution in [0, 0.1) is 6.92 Å². The summed E-state index contributed by atoms with van der Waals surface area (Å²) < 4.78 is 0. The van der Waals surface area contributed by atoms with Gasteiger partial charge in [-0.1, -0.05) is 23.2 Å². The molecule has 36 heavy (non-hydrogen) atoms. The van der Waals surface area contributed by atoms with E-state index in [0.29, 0.717) is 42.0 Å². The highest BCUT2D eigenvalue weighted by Gasteiger charge is 2.20. The monoisotopic (exact) mass is 507 g/mol. The molecule has 0 aliphatic carbocycles. The van der Waals surface area contributed by atoms with E-state index in [4.69, 9.17) is 11.6 Å². The van der Waals surface area contributed by atoms with Crippen LogP contribution < -0.4 is 15.5 Å². The summed E-state index contributed by atoms with van der Waals surface area (Å²) >= 11 is 5.85. The van der Waals surface area contributed by atoms with Gasteiger partial charge in [-0.15, -0.1) is 10.2 Å². The molecule has 0 bridgehead atoms. The number of aromatic nitrogens is 3. The Morgan fingerprint density at radius 1 is 0.917 bits per heavy atom. The number of benzene rings is 1. The van der Waals surface area contributed by atoms with Gasteiger partial charge in [0.25, 0.3) is 11.8 Å². The van der Waals surface area contributed by atoms with E-state index in [9.17, 15) is 14.4 Å². The minimum atomic E-state index is -0.491. The normalized spacial score (nSPS) is 13.6. The average Bonchev–Trinajstić information content (AvgIpc) is 3.13. The number of carbonyl (C=O) groups excluding carboxylic acids is 3. The molecular weight excluding hydrogens is 482 g/mol. The summed E-state index contributed by atoms with van der Waals surface area (Å²) in [5.41, 5.74) is 1.58. The molecule has 0 saturated carbocycles. The maximum absolute atomic E-state index is 12.9. The van der Waals surface area contributed by atoms with Crippen LogP contribution >= 0.6 is 11.6 Å². The van der Waals surface area contributed by atoms with Crippen molar-refractivity contribution < 1.29 is 14.4 Å². The number of hydrogen-bond donors (Lipinski definition) is 2.